The molecule has 2 aliphatic rings. The first-order valence-electron chi connectivity index (χ1n) is 15.5. The Hall–Kier alpha value is -5.01. The molecule has 1 aromatic carbocycles. The van der Waals surface area contributed by atoms with E-state index >= 15 is 4.39 Å². The molecule has 0 fully saturated rings. The number of primary amides is 1. The molecule has 10 nitrogen and oxygen atoms in total. The van der Waals surface area contributed by atoms with Crippen molar-refractivity contribution in [3.05, 3.63) is 83.1 Å². The molecular formula is C35H33F2N7O3S. The maximum atomic E-state index is 15.9. The molecule has 5 aromatic rings. The molecule has 2 aliphatic heterocycles. The predicted molar refractivity (Wildman–Crippen MR) is 179 cm³/mol. The van der Waals surface area contributed by atoms with Crippen LogP contribution in [-0.4, -0.2) is 68.1 Å². The molecule has 0 unspecified atom stereocenters. The van der Waals surface area contributed by atoms with Gasteiger partial charge >= 0.3 is 0 Å². The van der Waals surface area contributed by atoms with E-state index in [1.807, 2.05) is 47.0 Å². The Morgan fingerprint density at radius 1 is 1.17 bits per heavy atom. The zero-order valence-corrected chi connectivity index (χ0v) is 27.5. The van der Waals surface area contributed by atoms with Crippen molar-refractivity contribution in [1.82, 2.24) is 29.5 Å². The summed E-state index contributed by atoms with van der Waals surface area (Å²) in [7, 11) is 1.37. The third-order valence-corrected chi connectivity index (χ3v) is 10.0. The van der Waals surface area contributed by atoms with Gasteiger partial charge in [0.25, 0.3) is 0 Å². The van der Waals surface area contributed by atoms with Crippen molar-refractivity contribution in [2.75, 3.05) is 26.7 Å². The normalized spacial score (nSPS) is 17.6. The Labute approximate surface area is 279 Å². The third-order valence-electron chi connectivity index (χ3n) is 9.11. The summed E-state index contributed by atoms with van der Waals surface area (Å²) in [5, 5.41) is 7.64. The van der Waals surface area contributed by atoms with Crippen molar-refractivity contribution in [3.8, 4) is 39.5 Å². The number of aromatic nitrogens is 4. The van der Waals surface area contributed by atoms with Crippen molar-refractivity contribution in [3.63, 3.8) is 0 Å². The summed E-state index contributed by atoms with van der Waals surface area (Å²) >= 11 is 1.40. The van der Waals surface area contributed by atoms with E-state index in [1.165, 1.54) is 24.5 Å². The van der Waals surface area contributed by atoms with E-state index in [2.05, 4.69) is 6.58 Å². The van der Waals surface area contributed by atoms with Gasteiger partial charge in [-0.25, -0.2) is 13.8 Å². The molecule has 2 N–H and O–H groups in total. The molecule has 0 spiro atoms. The lowest BCUT2D eigenvalue weighted by atomic mass is 9.95. The van der Waals surface area contributed by atoms with Crippen molar-refractivity contribution >= 4 is 33.2 Å². The molecule has 0 saturated carbocycles. The summed E-state index contributed by atoms with van der Waals surface area (Å²) in [6, 6.07) is 7.34. The van der Waals surface area contributed by atoms with E-state index < -0.39 is 17.5 Å². The number of rotatable bonds is 7. The van der Waals surface area contributed by atoms with Gasteiger partial charge in [0.05, 0.1) is 42.7 Å². The number of ether oxygens (including phenoxy) is 1. The van der Waals surface area contributed by atoms with Gasteiger partial charge in [0.1, 0.15) is 28.8 Å². The number of methoxy groups -OCH3 is 1. The molecule has 7 rings (SSSR count). The van der Waals surface area contributed by atoms with Gasteiger partial charge in [0.2, 0.25) is 11.8 Å². The lowest BCUT2D eigenvalue weighted by Gasteiger charge is -2.36. The number of carbonyl (C=O) groups excluding carboxylic acids is 2. The summed E-state index contributed by atoms with van der Waals surface area (Å²) in [6.07, 6.45) is 3.77. The van der Waals surface area contributed by atoms with Crippen LogP contribution in [0.4, 0.5) is 8.78 Å². The number of halogens is 2. The molecule has 6 heterocycles. The molecule has 0 radical (unpaired) electrons. The zero-order chi connectivity index (χ0) is 33.9. The molecule has 4 aromatic heterocycles. The van der Waals surface area contributed by atoms with Crippen LogP contribution in [0.2, 0.25) is 0 Å². The number of amides is 2. The highest BCUT2D eigenvalue weighted by Crippen LogP contribution is 2.47. The lowest BCUT2D eigenvalue weighted by molar-refractivity contribution is -0.129. The first-order valence-corrected chi connectivity index (χ1v) is 16.4. The Morgan fingerprint density at radius 2 is 1.98 bits per heavy atom. The minimum Gasteiger partial charge on any atom is -0.496 e. The summed E-state index contributed by atoms with van der Waals surface area (Å²) in [6.45, 7) is 9.34. The quantitative estimate of drug-likeness (QED) is 0.222. The fourth-order valence-corrected chi connectivity index (χ4v) is 7.80. The molecule has 246 valence electrons. The number of benzene rings is 1. The van der Waals surface area contributed by atoms with Gasteiger partial charge in [-0.1, -0.05) is 6.58 Å². The summed E-state index contributed by atoms with van der Waals surface area (Å²) in [5.74, 6) is -2.11. The number of hydrogen-bond donors (Lipinski definition) is 1. The van der Waals surface area contributed by atoms with Gasteiger partial charge < -0.3 is 15.4 Å². The first kappa shape index (κ1) is 31.6. The molecular weight excluding hydrogens is 636 g/mol. The summed E-state index contributed by atoms with van der Waals surface area (Å²) in [5.41, 5.74) is 10.9. The summed E-state index contributed by atoms with van der Waals surface area (Å²) in [4.78, 5) is 38.1. The second-order valence-electron chi connectivity index (χ2n) is 12.2. The van der Waals surface area contributed by atoms with Crippen molar-refractivity contribution in [2.24, 2.45) is 5.73 Å². The largest absolute Gasteiger partial charge is 0.496 e. The number of fused-ring (bicyclic) bond motifs is 3. The van der Waals surface area contributed by atoms with Crippen LogP contribution < -0.4 is 10.5 Å². The van der Waals surface area contributed by atoms with Crippen LogP contribution in [0.1, 0.15) is 42.9 Å². The topological polar surface area (TPSA) is 119 Å². The maximum Gasteiger partial charge on any atom is 0.246 e. The molecule has 0 bridgehead atoms. The maximum absolute atomic E-state index is 15.9. The molecule has 2 amide bonds. The molecule has 48 heavy (non-hydrogen) atoms. The van der Waals surface area contributed by atoms with Gasteiger partial charge in [0, 0.05) is 71.3 Å². The van der Waals surface area contributed by atoms with Gasteiger partial charge in [0.15, 0.2) is 0 Å². The summed E-state index contributed by atoms with van der Waals surface area (Å²) < 4.78 is 38.5. The Bertz CT molecular complexity index is 2130. The SMILES string of the molecule is C=CC(=O)N1C[C@H](C)n2nc(-c3nc(-c4cnc5c(c4)CN(CC(N)=O)CC5)c4ccsc4c3-c3c(F)cc(F)cc3OC)cc2[C@H]1C. The van der Waals surface area contributed by atoms with Crippen molar-refractivity contribution in [2.45, 2.75) is 38.9 Å². The van der Waals surface area contributed by atoms with E-state index in [4.69, 9.17) is 25.5 Å². The average Bonchev–Trinajstić information content (AvgIpc) is 3.74. The van der Waals surface area contributed by atoms with Crippen LogP contribution in [0.25, 0.3) is 43.9 Å². The fraction of sp³-hybridized carbons (Fsp3) is 0.286. The van der Waals surface area contributed by atoms with E-state index in [0.717, 1.165) is 40.0 Å². The fourth-order valence-electron chi connectivity index (χ4n) is 6.85. The minimum atomic E-state index is -0.796. The van der Waals surface area contributed by atoms with Gasteiger partial charge in [-0.3, -0.25) is 24.2 Å². The van der Waals surface area contributed by atoms with Crippen molar-refractivity contribution < 1.29 is 23.1 Å². The van der Waals surface area contributed by atoms with Crippen LogP contribution in [-0.2, 0) is 22.6 Å². The highest BCUT2D eigenvalue weighted by molar-refractivity contribution is 7.18. The molecule has 2 atom stereocenters. The molecule has 0 saturated heterocycles. The van der Waals surface area contributed by atoms with Crippen molar-refractivity contribution in [1.29, 1.82) is 0 Å². The van der Waals surface area contributed by atoms with Crippen LogP contribution >= 0.6 is 11.3 Å². The number of hydrogen-bond acceptors (Lipinski definition) is 8. The lowest BCUT2D eigenvalue weighted by Crippen LogP contribution is -2.42. The Kier molecular flexibility index (Phi) is 8.04. The number of pyridine rings is 2. The van der Waals surface area contributed by atoms with E-state index in [-0.39, 0.29) is 35.8 Å². The second-order valence-corrected chi connectivity index (χ2v) is 13.1. The van der Waals surface area contributed by atoms with Crippen LogP contribution in [0.15, 0.2) is 54.6 Å². The smallest absolute Gasteiger partial charge is 0.246 e. The standard InChI is InChI=1S/C35H33F2N7O3S/c1-5-30(46)43-15-18(2)44-27(19(43)3)13-26(41-44)34-32(31-24(37)11-22(36)12-28(31)47-4)35-23(7-9-48-35)33(40-34)20-10-21-16-42(17-29(38)45)8-6-25(21)39-14-20/h5,7,9-14,18-19H,1,6,8,15-17H2,2-4H3,(H2,38,45)/t18-,19+/m0/s1. The number of thiophene rings is 1. The highest BCUT2D eigenvalue weighted by atomic mass is 32.1. The van der Waals surface area contributed by atoms with Gasteiger partial charge in [-0.15, -0.1) is 11.3 Å². The Balaban J connectivity index is 1.47. The molecule has 0 aliphatic carbocycles. The predicted octanol–water partition coefficient (Wildman–Crippen LogP) is 5.67. The van der Waals surface area contributed by atoms with E-state index in [0.29, 0.717) is 53.4 Å². The highest BCUT2D eigenvalue weighted by Gasteiger charge is 2.34. The van der Waals surface area contributed by atoms with Gasteiger partial charge in [-0.05, 0) is 49.1 Å². The van der Waals surface area contributed by atoms with E-state index in [9.17, 15) is 14.0 Å². The second kappa shape index (κ2) is 12.2. The van der Waals surface area contributed by atoms with Crippen LogP contribution in [0.3, 0.4) is 0 Å². The number of carbonyl (C=O) groups is 2. The average molecular weight is 670 g/mol. The van der Waals surface area contributed by atoms with Crippen LogP contribution in [0.5, 0.6) is 5.75 Å². The minimum absolute atomic E-state index is 0.0245. The van der Waals surface area contributed by atoms with Crippen LogP contribution in [0, 0.1) is 11.6 Å². The molecule has 13 heteroatoms. The Morgan fingerprint density at radius 3 is 2.73 bits per heavy atom. The van der Waals surface area contributed by atoms with E-state index in [1.54, 1.807) is 11.1 Å². The third kappa shape index (κ3) is 5.32. The first-order chi connectivity index (χ1) is 23.1. The number of nitrogens with two attached hydrogens (primary N) is 1. The zero-order valence-electron chi connectivity index (χ0n) is 26.7. The van der Waals surface area contributed by atoms with Gasteiger partial charge in [-0.2, -0.15) is 5.10 Å². The number of nitrogens with zero attached hydrogens (tertiary/aromatic N) is 6. The monoisotopic (exact) mass is 669 g/mol.